The number of fused-ring (bicyclic) bond motifs is 1. The van der Waals surface area contributed by atoms with Crippen LogP contribution in [0.15, 0.2) is 29.4 Å². The van der Waals surface area contributed by atoms with Crippen molar-refractivity contribution in [3.8, 4) is 11.5 Å². The van der Waals surface area contributed by atoms with Gasteiger partial charge in [0.15, 0.2) is 16.7 Å². The fourth-order valence-electron chi connectivity index (χ4n) is 1.94. The summed E-state index contributed by atoms with van der Waals surface area (Å²) in [5.41, 5.74) is 11.9. The van der Waals surface area contributed by atoms with Crippen molar-refractivity contribution in [2.45, 2.75) is 17.3 Å². The fraction of sp³-hybridized carbons (Fsp3) is 0.214. The highest BCUT2D eigenvalue weighted by Crippen LogP contribution is 2.34. The van der Waals surface area contributed by atoms with Gasteiger partial charge < -0.3 is 26.3 Å². The minimum atomic E-state index is -0.429. The molecule has 2 heterocycles. The molecule has 8 nitrogen and oxygen atoms in total. The summed E-state index contributed by atoms with van der Waals surface area (Å²) in [6.45, 7) is 1.93. The average Bonchev–Trinajstić information content (AvgIpc) is 2.93. The minimum Gasteiger partial charge on any atom is -0.454 e. The number of nitrogens with zero attached hydrogens (tertiary/aromatic N) is 2. The molecule has 9 heteroatoms. The third-order valence-corrected chi connectivity index (χ3v) is 4.00. The lowest BCUT2D eigenvalue weighted by Crippen LogP contribution is -2.22. The fourth-order valence-corrected chi connectivity index (χ4v) is 2.74. The van der Waals surface area contributed by atoms with E-state index in [1.54, 1.807) is 25.1 Å². The second-order valence-corrected chi connectivity index (χ2v) is 6.13. The van der Waals surface area contributed by atoms with Crippen molar-refractivity contribution < 1.29 is 14.3 Å². The van der Waals surface area contributed by atoms with Crippen molar-refractivity contribution in [3.05, 3.63) is 24.3 Å². The molecule has 23 heavy (non-hydrogen) atoms. The molecule has 1 aromatic carbocycles. The number of aromatic nitrogens is 2. The van der Waals surface area contributed by atoms with Crippen molar-refractivity contribution in [1.82, 2.24) is 9.97 Å². The van der Waals surface area contributed by atoms with Crippen LogP contribution in [0.3, 0.4) is 0 Å². The smallest absolute Gasteiger partial charge is 0.237 e. The van der Waals surface area contributed by atoms with Crippen LogP contribution in [0.25, 0.3) is 0 Å². The van der Waals surface area contributed by atoms with Gasteiger partial charge in [-0.2, -0.15) is 0 Å². The highest BCUT2D eigenvalue weighted by molar-refractivity contribution is 8.00. The number of hydrogen-bond acceptors (Lipinski definition) is 8. The third kappa shape index (κ3) is 3.57. The molecule has 0 bridgehead atoms. The van der Waals surface area contributed by atoms with Gasteiger partial charge in [0.05, 0.1) is 5.25 Å². The van der Waals surface area contributed by atoms with Crippen molar-refractivity contribution in [2.24, 2.45) is 0 Å². The van der Waals surface area contributed by atoms with Crippen LogP contribution in [0.4, 0.5) is 17.3 Å². The number of carbonyl (C=O) groups excluding carboxylic acids is 1. The van der Waals surface area contributed by atoms with Gasteiger partial charge in [0.1, 0.15) is 11.6 Å². The first-order valence-corrected chi connectivity index (χ1v) is 7.66. The van der Waals surface area contributed by atoms with E-state index in [2.05, 4.69) is 15.3 Å². The number of anilines is 3. The van der Waals surface area contributed by atoms with Crippen molar-refractivity contribution in [1.29, 1.82) is 0 Å². The first-order valence-electron chi connectivity index (χ1n) is 6.78. The van der Waals surface area contributed by atoms with Crippen LogP contribution < -0.4 is 26.3 Å². The van der Waals surface area contributed by atoms with E-state index in [9.17, 15) is 4.79 Å². The Labute approximate surface area is 136 Å². The first-order chi connectivity index (χ1) is 11.0. The molecule has 1 unspecified atom stereocenters. The summed E-state index contributed by atoms with van der Waals surface area (Å²) in [5.74, 6) is 1.61. The summed E-state index contributed by atoms with van der Waals surface area (Å²) in [6, 6.07) is 6.67. The van der Waals surface area contributed by atoms with E-state index in [1.807, 2.05) is 0 Å². The van der Waals surface area contributed by atoms with Gasteiger partial charge in [-0.3, -0.25) is 4.79 Å². The summed E-state index contributed by atoms with van der Waals surface area (Å²) in [6.07, 6.45) is 0. The Hall–Kier alpha value is -2.68. The van der Waals surface area contributed by atoms with Gasteiger partial charge in [-0.15, -0.1) is 0 Å². The van der Waals surface area contributed by atoms with E-state index in [1.165, 1.54) is 17.8 Å². The van der Waals surface area contributed by atoms with Crippen molar-refractivity contribution in [3.63, 3.8) is 0 Å². The van der Waals surface area contributed by atoms with Crippen LogP contribution >= 0.6 is 11.8 Å². The lowest BCUT2D eigenvalue weighted by molar-refractivity contribution is -0.115. The predicted molar refractivity (Wildman–Crippen MR) is 87.4 cm³/mol. The summed E-state index contributed by atoms with van der Waals surface area (Å²) < 4.78 is 10.5. The van der Waals surface area contributed by atoms with Crippen LogP contribution in [0.1, 0.15) is 6.92 Å². The Kier molecular flexibility index (Phi) is 4.11. The summed E-state index contributed by atoms with van der Waals surface area (Å²) >= 11 is 1.17. The highest BCUT2D eigenvalue weighted by atomic mass is 32.2. The maximum atomic E-state index is 12.3. The molecule has 1 aliphatic heterocycles. The number of amides is 1. The van der Waals surface area contributed by atoms with Crippen LogP contribution in [0.2, 0.25) is 0 Å². The summed E-state index contributed by atoms with van der Waals surface area (Å²) in [4.78, 5) is 20.4. The second-order valence-electron chi connectivity index (χ2n) is 4.82. The zero-order chi connectivity index (χ0) is 16.4. The highest BCUT2D eigenvalue weighted by Gasteiger charge is 2.19. The van der Waals surface area contributed by atoms with Crippen LogP contribution in [0, 0.1) is 0 Å². The Bertz CT molecular complexity index is 735. The standard InChI is InChI=1S/C14H15N5O3S/c1-7(23-14-18-11(15)5-12(16)19-14)13(20)17-8-2-3-9-10(4-8)22-6-21-9/h2-5,7H,6H2,1H3,(H,17,20)(H4,15,16,18,19). The largest absolute Gasteiger partial charge is 0.454 e. The SMILES string of the molecule is CC(Sc1nc(N)cc(N)n1)C(=O)Nc1ccc2c(c1)OCO2. The monoisotopic (exact) mass is 333 g/mol. The normalized spacial score (nSPS) is 13.6. The van der Waals surface area contributed by atoms with Crippen LogP contribution in [-0.2, 0) is 4.79 Å². The molecule has 0 fully saturated rings. The Morgan fingerprint density at radius 1 is 1.22 bits per heavy atom. The molecule has 120 valence electrons. The molecule has 0 aliphatic carbocycles. The molecule has 0 spiro atoms. The van der Waals surface area contributed by atoms with E-state index >= 15 is 0 Å². The van der Waals surface area contributed by atoms with Crippen molar-refractivity contribution >= 4 is 35.0 Å². The Morgan fingerprint density at radius 2 is 1.91 bits per heavy atom. The maximum absolute atomic E-state index is 12.3. The molecule has 5 N–H and O–H groups in total. The number of hydrogen-bond donors (Lipinski definition) is 3. The number of rotatable bonds is 4. The van der Waals surface area contributed by atoms with Crippen LogP contribution in [0.5, 0.6) is 11.5 Å². The lowest BCUT2D eigenvalue weighted by Gasteiger charge is -2.12. The van der Waals surface area contributed by atoms with Crippen molar-refractivity contribution in [2.75, 3.05) is 23.6 Å². The van der Waals surface area contributed by atoms with E-state index < -0.39 is 5.25 Å². The Balaban J connectivity index is 1.65. The summed E-state index contributed by atoms with van der Waals surface area (Å²) in [7, 11) is 0. The molecule has 0 saturated heterocycles. The van der Waals surface area contributed by atoms with E-state index in [4.69, 9.17) is 20.9 Å². The molecule has 1 aliphatic rings. The molecule has 3 rings (SSSR count). The predicted octanol–water partition coefficient (Wildman–Crippen LogP) is 1.49. The molecule has 0 saturated carbocycles. The van der Waals surface area contributed by atoms with E-state index in [0.717, 1.165) is 0 Å². The molecule has 1 atom stereocenters. The van der Waals surface area contributed by atoms with Gasteiger partial charge >= 0.3 is 0 Å². The Morgan fingerprint density at radius 3 is 2.65 bits per heavy atom. The number of ether oxygens (including phenoxy) is 2. The quantitative estimate of drug-likeness (QED) is 0.567. The zero-order valence-electron chi connectivity index (χ0n) is 12.3. The second kappa shape index (κ2) is 6.21. The van der Waals surface area contributed by atoms with E-state index in [0.29, 0.717) is 22.3 Å². The molecule has 1 aromatic heterocycles. The molecule has 2 aromatic rings. The number of benzene rings is 1. The topological polar surface area (TPSA) is 125 Å². The number of nitrogens with one attached hydrogen (secondary N) is 1. The number of thioether (sulfide) groups is 1. The van der Waals surface area contributed by atoms with Gasteiger partial charge in [-0.05, 0) is 19.1 Å². The van der Waals surface area contributed by atoms with Gasteiger partial charge in [-0.25, -0.2) is 9.97 Å². The van der Waals surface area contributed by atoms with Gasteiger partial charge in [0.25, 0.3) is 0 Å². The van der Waals surface area contributed by atoms with Gasteiger partial charge in [-0.1, -0.05) is 11.8 Å². The molecular weight excluding hydrogens is 318 g/mol. The third-order valence-electron chi connectivity index (χ3n) is 3.04. The zero-order valence-corrected chi connectivity index (χ0v) is 13.1. The van der Waals surface area contributed by atoms with Crippen LogP contribution in [-0.4, -0.2) is 27.9 Å². The molecule has 1 amide bonds. The minimum absolute atomic E-state index is 0.188. The van der Waals surface area contributed by atoms with Gasteiger partial charge in [0.2, 0.25) is 12.7 Å². The van der Waals surface area contributed by atoms with E-state index in [-0.39, 0.29) is 24.3 Å². The lowest BCUT2D eigenvalue weighted by atomic mass is 10.2. The average molecular weight is 333 g/mol. The molecule has 0 radical (unpaired) electrons. The maximum Gasteiger partial charge on any atom is 0.237 e. The van der Waals surface area contributed by atoms with Gasteiger partial charge in [0, 0.05) is 17.8 Å². The first kappa shape index (κ1) is 15.2. The number of nitrogen functional groups attached to an aromatic ring is 2. The summed E-state index contributed by atoms with van der Waals surface area (Å²) in [5, 5.41) is 2.74. The number of carbonyl (C=O) groups is 1. The number of nitrogens with two attached hydrogens (primary N) is 2. The molecular formula is C14H15N5O3S.